The van der Waals surface area contributed by atoms with Gasteiger partial charge in [-0.05, 0) is 42.4 Å². The zero-order valence-electron chi connectivity index (χ0n) is 7.42. The van der Waals surface area contributed by atoms with E-state index in [2.05, 4.69) is 6.92 Å². The van der Waals surface area contributed by atoms with Gasteiger partial charge in [0.1, 0.15) is 0 Å². The molecule has 0 amide bonds. The maximum absolute atomic E-state index is 10.4. The van der Waals surface area contributed by atoms with Crippen LogP contribution in [0.3, 0.4) is 0 Å². The zero-order valence-corrected chi connectivity index (χ0v) is 8.18. The predicted molar refractivity (Wildman–Crippen MR) is 51.1 cm³/mol. The first-order valence-corrected chi connectivity index (χ1v) is 4.94. The Morgan fingerprint density at radius 3 is 2.42 bits per heavy atom. The van der Waals surface area contributed by atoms with Crippen LogP contribution in [-0.4, -0.2) is 5.24 Å². The van der Waals surface area contributed by atoms with E-state index in [-0.39, 0.29) is 5.24 Å². The number of allylic oxidation sites excluding steroid dienone is 2. The second-order valence-corrected chi connectivity index (χ2v) is 4.06. The number of hydrogen-bond acceptors (Lipinski definition) is 1. The molecule has 0 unspecified atom stereocenters. The highest BCUT2D eigenvalue weighted by atomic mass is 35.5. The molecule has 0 radical (unpaired) electrons. The number of halogens is 1. The lowest BCUT2D eigenvalue weighted by Crippen LogP contribution is -2.10. The molecule has 0 aromatic carbocycles. The van der Waals surface area contributed by atoms with E-state index >= 15 is 0 Å². The lowest BCUT2D eigenvalue weighted by molar-refractivity contribution is -0.107. The summed E-state index contributed by atoms with van der Waals surface area (Å²) in [6.07, 6.45) is 8.43. The Morgan fingerprint density at radius 1 is 1.33 bits per heavy atom. The molecule has 1 rings (SSSR count). The molecule has 1 saturated carbocycles. The highest BCUT2D eigenvalue weighted by Gasteiger charge is 2.15. The van der Waals surface area contributed by atoms with Crippen LogP contribution in [0, 0.1) is 11.8 Å². The normalized spacial score (nSPS) is 30.8. The molecule has 12 heavy (non-hydrogen) atoms. The lowest BCUT2D eigenvalue weighted by atomic mass is 9.83. The number of hydrogen-bond donors (Lipinski definition) is 0. The first-order valence-electron chi connectivity index (χ1n) is 4.56. The minimum atomic E-state index is -0.353. The van der Waals surface area contributed by atoms with Crippen molar-refractivity contribution >= 4 is 16.8 Å². The minimum absolute atomic E-state index is 0.353. The summed E-state index contributed by atoms with van der Waals surface area (Å²) < 4.78 is 0. The Labute approximate surface area is 78.8 Å². The largest absolute Gasteiger partial charge is 0.276 e. The number of carbonyl (C=O) groups is 1. The first kappa shape index (κ1) is 9.79. The summed E-state index contributed by atoms with van der Waals surface area (Å²) in [4.78, 5) is 10.4. The molecule has 0 aromatic rings. The van der Waals surface area contributed by atoms with E-state index in [1.807, 2.05) is 6.08 Å². The maximum atomic E-state index is 10.4. The monoisotopic (exact) mass is 186 g/mol. The van der Waals surface area contributed by atoms with Crippen LogP contribution in [0.25, 0.3) is 0 Å². The van der Waals surface area contributed by atoms with Crippen LogP contribution in [0.5, 0.6) is 0 Å². The standard InChI is InChI=1S/C10H15ClO/c1-8-2-4-9(5-3-8)6-7-10(11)12/h6-9H,2-5H2,1H3/b7-6+. The summed E-state index contributed by atoms with van der Waals surface area (Å²) >= 11 is 5.20. The van der Waals surface area contributed by atoms with Crippen molar-refractivity contribution in [1.29, 1.82) is 0 Å². The second kappa shape index (κ2) is 4.66. The van der Waals surface area contributed by atoms with Gasteiger partial charge in [-0.3, -0.25) is 4.79 Å². The molecule has 68 valence electrons. The topological polar surface area (TPSA) is 17.1 Å². The van der Waals surface area contributed by atoms with Crippen LogP contribution >= 0.6 is 11.6 Å². The lowest BCUT2D eigenvalue weighted by Gasteiger charge is -2.23. The van der Waals surface area contributed by atoms with Gasteiger partial charge in [0.2, 0.25) is 5.24 Å². The van der Waals surface area contributed by atoms with Gasteiger partial charge < -0.3 is 0 Å². The van der Waals surface area contributed by atoms with Crippen molar-refractivity contribution < 1.29 is 4.79 Å². The Morgan fingerprint density at radius 2 is 1.92 bits per heavy atom. The van der Waals surface area contributed by atoms with Gasteiger partial charge in [0, 0.05) is 0 Å². The average Bonchev–Trinajstić information content (AvgIpc) is 2.03. The summed E-state index contributed by atoms with van der Waals surface area (Å²) in [7, 11) is 0. The van der Waals surface area contributed by atoms with Gasteiger partial charge in [0.05, 0.1) is 0 Å². The smallest absolute Gasteiger partial charge is 0.244 e. The van der Waals surface area contributed by atoms with Crippen LogP contribution in [-0.2, 0) is 4.79 Å². The molecule has 0 N–H and O–H groups in total. The van der Waals surface area contributed by atoms with E-state index in [1.54, 1.807) is 0 Å². The maximum Gasteiger partial charge on any atom is 0.244 e. The number of carbonyl (C=O) groups excluding carboxylic acids is 1. The molecule has 0 heterocycles. The third-order valence-corrected chi connectivity index (χ3v) is 2.69. The van der Waals surface area contributed by atoms with Crippen molar-refractivity contribution in [2.24, 2.45) is 11.8 Å². The van der Waals surface area contributed by atoms with Gasteiger partial charge in [0.15, 0.2) is 0 Å². The van der Waals surface area contributed by atoms with Crippen LogP contribution in [0.4, 0.5) is 0 Å². The van der Waals surface area contributed by atoms with Gasteiger partial charge in [-0.15, -0.1) is 0 Å². The van der Waals surface area contributed by atoms with Gasteiger partial charge in [-0.1, -0.05) is 25.8 Å². The Bertz CT molecular complexity index is 178. The molecule has 0 atom stereocenters. The van der Waals surface area contributed by atoms with Gasteiger partial charge in [0.25, 0.3) is 0 Å². The first-order chi connectivity index (χ1) is 5.68. The summed E-state index contributed by atoms with van der Waals surface area (Å²) in [5.74, 6) is 1.45. The molecule has 0 spiro atoms. The van der Waals surface area contributed by atoms with Gasteiger partial charge in [-0.2, -0.15) is 0 Å². The number of rotatable bonds is 2. The van der Waals surface area contributed by atoms with Crippen LogP contribution in [0.1, 0.15) is 32.6 Å². The molecule has 1 nitrogen and oxygen atoms in total. The predicted octanol–water partition coefficient (Wildman–Crippen LogP) is 3.13. The minimum Gasteiger partial charge on any atom is -0.276 e. The summed E-state index contributed by atoms with van der Waals surface area (Å²) in [6.45, 7) is 2.28. The molecular weight excluding hydrogens is 172 g/mol. The van der Waals surface area contributed by atoms with Crippen molar-refractivity contribution in [3.8, 4) is 0 Å². The van der Waals surface area contributed by atoms with Crippen molar-refractivity contribution in [2.45, 2.75) is 32.6 Å². The van der Waals surface area contributed by atoms with E-state index < -0.39 is 0 Å². The molecule has 0 saturated heterocycles. The molecule has 1 aliphatic carbocycles. The van der Waals surface area contributed by atoms with Gasteiger partial charge in [-0.25, -0.2) is 0 Å². The van der Waals surface area contributed by atoms with Crippen molar-refractivity contribution in [2.75, 3.05) is 0 Å². The molecule has 0 bridgehead atoms. The average molecular weight is 187 g/mol. The highest BCUT2D eigenvalue weighted by Crippen LogP contribution is 2.28. The molecule has 0 aliphatic heterocycles. The second-order valence-electron chi connectivity index (χ2n) is 3.68. The van der Waals surface area contributed by atoms with Crippen molar-refractivity contribution in [3.05, 3.63) is 12.2 Å². The van der Waals surface area contributed by atoms with E-state index in [1.165, 1.54) is 31.8 Å². The van der Waals surface area contributed by atoms with Crippen molar-refractivity contribution in [3.63, 3.8) is 0 Å². The zero-order chi connectivity index (χ0) is 8.97. The summed E-state index contributed by atoms with van der Waals surface area (Å²) in [5, 5.41) is -0.353. The molecule has 1 fully saturated rings. The quantitative estimate of drug-likeness (QED) is 0.479. The molecule has 0 aromatic heterocycles. The summed E-state index contributed by atoms with van der Waals surface area (Å²) in [5.41, 5.74) is 0. The Kier molecular flexibility index (Phi) is 3.80. The fraction of sp³-hybridized carbons (Fsp3) is 0.700. The third-order valence-electron chi connectivity index (χ3n) is 2.56. The molecular formula is C10H15ClO. The van der Waals surface area contributed by atoms with E-state index in [0.717, 1.165) is 5.92 Å². The fourth-order valence-electron chi connectivity index (χ4n) is 1.69. The Hall–Kier alpha value is -0.300. The Balaban J connectivity index is 2.30. The van der Waals surface area contributed by atoms with Crippen LogP contribution in [0.2, 0.25) is 0 Å². The van der Waals surface area contributed by atoms with Gasteiger partial charge >= 0.3 is 0 Å². The van der Waals surface area contributed by atoms with Crippen LogP contribution in [0.15, 0.2) is 12.2 Å². The van der Waals surface area contributed by atoms with E-state index in [9.17, 15) is 4.79 Å². The summed E-state index contributed by atoms with van der Waals surface area (Å²) in [6, 6.07) is 0. The molecule has 2 heteroatoms. The van der Waals surface area contributed by atoms with Crippen LogP contribution < -0.4 is 0 Å². The van der Waals surface area contributed by atoms with Crippen molar-refractivity contribution in [1.82, 2.24) is 0 Å². The van der Waals surface area contributed by atoms with E-state index in [4.69, 9.17) is 11.6 Å². The third kappa shape index (κ3) is 3.40. The van der Waals surface area contributed by atoms with E-state index in [0.29, 0.717) is 5.92 Å². The fourth-order valence-corrected chi connectivity index (χ4v) is 1.76. The SMILES string of the molecule is CC1CCC(/C=C/C(=O)Cl)CC1. The molecule has 1 aliphatic rings. The highest BCUT2D eigenvalue weighted by molar-refractivity contribution is 6.66.